The fraction of sp³-hybridized carbons (Fsp3) is 0.0588. The number of benzene rings is 1. The molecule has 2 aromatic heterocycles. The van der Waals surface area contributed by atoms with Gasteiger partial charge in [-0.3, -0.25) is 9.89 Å². The third kappa shape index (κ3) is 3.81. The Morgan fingerprint density at radius 3 is 2.76 bits per heavy atom. The van der Waals surface area contributed by atoms with Gasteiger partial charge in [0.1, 0.15) is 5.69 Å². The summed E-state index contributed by atoms with van der Waals surface area (Å²) in [4.78, 5) is 23.3. The summed E-state index contributed by atoms with van der Waals surface area (Å²) in [6.45, 7) is 0. The van der Waals surface area contributed by atoms with E-state index in [4.69, 9.17) is 4.42 Å². The summed E-state index contributed by atoms with van der Waals surface area (Å²) in [6, 6.07) is 11.7. The average molecular weight is 338 g/mol. The molecule has 2 heterocycles. The van der Waals surface area contributed by atoms with E-state index in [1.807, 2.05) is 0 Å². The third-order valence-electron chi connectivity index (χ3n) is 3.31. The molecule has 0 bridgehead atoms. The van der Waals surface area contributed by atoms with Gasteiger partial charge in [0.2, 0.25) is 0 Å². The van der Waals surface area contributed by atoms with Gasteiger partial charge in [0.05, 0.1) is 25.2 Å². The Balaban J connectivity index is 1.60. The number of hydrogen-bond acceptors (Lipinski definition) is 6. The van der Waals surface area contributed by atoms with E-state index < -0.39 is 11.9 Å². The minimum atomic E-state index is -0.462. The number of hydrazone groups is 1. The smallest absolute Gasteiger partial charge is 0.337 e. The number of aromatic amines is 1. The predicted octanol–water partition coefficient (Wildman–Crippen LogP) is 2.22. The van der Waals surface area contributed by atoms with Crippen LogP contribution in [0.3, 0.4) is 0 Å². The average Bonchev–Trinajstić information content (AvgIpc) is 3.32. The molecule has 3 aromatic rings. The number of nitrogens with one attached hydrogen (secondary N) is 2. The summed E-state index contributed by atoms with van der Waals surface area (Å²) in [5, 5.41) is 10.5. The van der Waals surface area contributed by atoms with Crippen molar-refractivity contribution in [2.75, 3.05) is 7.11 Å². The van der Waals surface area contributed by atoms with Gasteiger partial charge in [0.25, 0.3) is 5.91 Å². The van der Waals surface area contributed by atoms with Crippen molar-refractivity contribution in [3.8, 4) is 11.5 Å². The molecule has 0 aliphatic carbocycles. The van der Waals surface area contributed by atoms with E-state index >= 15 is 0 Å². The van der Waals surface area contributed by atoms with Crippen molar-refractivity contribution in [1.29, 1.82) is 0 Å². The predicted molar refractivity (Wildman–Crippen MR) is 89.1 cm³/mol. The third-order valence-corrected chi connectivity index (χ3v) is 3.31. The molecule has 0 radical (unpaired) electrons. The van der Waals surface area contributed by atoms with Gasteiger partial charge in [-0.15, -0.1) is 0 Å². The number of carbonyl (C=O) groups is 2. The molecule has 0 aliphatic heterocycles. The molecule has 0 saturated heterocycles. The zero-order valence-electron chi connectivity index (χ0n) is 13.2. The number of H-pyrrole nitrogens is 1. The van der Waals surface area contributed by atoms with Crippen molar-refractivity contribution >= 4 is 18.1 Å². The molecular formula is C17H14N4O4. The first-order valence-electron chi connectivity index (χ1n) is 7.28. The Bertz CT molecular complexity index is 895. The Kier molecular flexibility index (Phi) is 4.70. The number of nitrogens with zero attached hydrogens (tertiary/aromatic N) is 2. The maximum absolute atomic E-state index is 12.0. The lowest BCUT2D eigenvalue weighted by Crippen LogP contribution is -2.18. The van der Waals surface area contributed by atoms with Crippen LogP contribution in [0.4, 0.5) is 0 Å². The minimum absolute atomic E-state index is 0.185. The molecule has 25 heavy (non-hydrogen) atoms. The summed E-state index contributed by atoms with van der Waals surface area (Å²) in [5.41, 5.74) is 4.31. The van der Waals surface area contributed by atoms with E-state index in [0.717, 1.165) is 0 Å². The second kappa shape index (κ2) is 7.26. The number of furan rings is 1. The lowest BCUT2D eigenvalue weighted by atomic mass is 10.1. The SMILES string of the molecule is COC(=O)c1ccc(/C=N\NC(=O)c2cc(-c3ccco3)[nH]n2)cc1. The van der Waals surface area contributed by atoms with Crippen LogP contribution in [0.25, 0.3) is 11.5 Å². The summed E-state index contributed by atoms with van der Waals surface area (Å²) in [7, 11) is 1.32. The van der Waals surface area contributed by atoms with Crippen LogP contribution in [-0.4, -0.2) is 35.4 Å². The van der Waals surface area contributed by atoms with E-state index in [-0.39, 0.29) is 5.69 Å². The van der Waals surface area contributed by atoms with Crippen LogP contribution in [0.1, 0.15) is 26.4 Å². The maximum Gasteiger partial charge on any atom is 0.337 e. The highest BCUT2D eigenvalue weighted by Crippen LogP contribution is 2.17. The van der Waals surface area contributed by atoms with Crippen LogP contribution in [0.15, 0.2) is 58.2 Å². The van der Waals surface area contributed by atoms with E-state index in [0.29, 0.717) is 22.6 Å². The van der Waals surface area contributed by atoms with E-state index in [1.54, 1.807) is 42.5 Å². The van der Waals surface area contributed by atoms with Crippen molar-refractivity contribution in [2.45, 2.75) is 0 Å². The molecule has 0 spiro atoms. The molecule has 0 saturated carbocycles. The zero-order chi connectivity index (χ0) is 17.6. The molecular weight excluding hydrogens is 324 g/mol. The second-order valence-corrected chi connectivity index (χ2v) is 4.96. The summed E-state index contributed by atoms with van der Waals surface area (Å²) < 4.78 is 9.84. The van der Waals surface area contributed by atoms with Crippen LogP contribution in [0, 0.1) is 0 Å². The van der Waals surface area contributed by atoms with Crippen LogP contribution < -0.4 is 5.43 Å². The monoisotopic (exact) mass is 338 g/mol. The van der Waals surface area contributed by atoms with Crippen molar-refractivity contribution in [3.63, 3.8) is 0 Å². The largest absolute Gasteiger partial charge is 0.465 e. The molecule has 1 amide bonds. The molecule has 0 atom stereocenters. The lowest BCUT2D eigenvalue weighted by Gasteiger charge is -1.99. The van der Waals surface area contributed by atoms with E-state index in [9.17, 15) is 9.59 Å². The van der Waals surface area contributed by atoms with Crippen molar-refractivity contribution in [3.05, 3.63) is 65.5 Å². The second-order valence-electron chi connectivity index (χ2n) is 4.96. The normalized spacial score (nSPS) is 10.8. The highest BCUT2D eigenvalue weighted by molar-refractivity contribution is 5.94. The minimum Gasteiger partial charge on any atom is -0.465 e. The van der Waals surface area contributed by atoms with Crippen molar-refractivity contribution in [2.24, 2.45) is 5.10 Å². The van der Waals surface area contributed by atoms with Crippen molar-refractivity contribution < 1.29 is 18.7 Å². The number of amides is 1. The molecule has 3 rings (SSSR count). The quantitative estimate of drug-likeness (QED) is 0.421. The first-order chi connectivity index (χ1) is 12.2. The fourth-order valence-electron chi connectivity index (χ4n) is 2.04. The summed E-state index contributed by atoms with van der Waals surface area (Å²) >= 11 is 0. The number of ether oxygens (including phenoxy) is 1. The Morgan fingerprint density at radius 2 is 2.08 bits per heavy atom. The van der Waals surface area contributed by atoms with Gasteiger partial charge in [-0.1, -0.05) is 12.1 Å². The molecule has 8 heteroatoms. The Morgan fingerprint density at radius 1 is 1.28 bits per heavy atom. The molecule has 0 fully saturated rings. The van der Waals surface area contributed by atoms with Crippen LogP contribution in [-0.2, 0) is 4.74 Å². The lowest BCUT2D eigenvalue weighted by molar-refractivity contribution is 0.0600. The molecule has 126 valence electrons. The highest BCUT2D eigenvalue weighted by Gasteiger charge is 2.12. The number of esters is 1. The molecule has 1 aromatic carbocycles. The van der Waals surface area contributed by atoms with Gasteiger partial charge in [-0.2, -0.15) is 10.2 Å². The zero-order valence-corrected chi connectivity index (χ0v) is 13.2. The summed E-state index contributed by atoms with van der Waals surface area (Å²) in [5.74, 6) is -0.292. The number of carbonyl (C=O) groups excluding carboxylic acids is 2. The molecule has 8 nitrogen and oxygen atoms in total. The van der Waals surface area contributed by atoms with Gasteiger partial charge in [-0.05, 0) is 29.8 Å². The van der Waals surface area contributed by atoms with E-state index in [2.05, 4.69) is 25.5 Å². The highest BCUT2D eigenvalue weighted by atomic mass is 16.5. The molecule has 0 unspecified atom stereocenters. The fourth-order valence-corrected chi connectivity index (χ4v) is 2.04. The first-order valence-corrected chi connectivity index (χ1v) is 7.28. The van der Waals surface area contributed by atoms with Crippen LogP contribution in [0.5, 0.6) is 0 Å². The van der Waals surface area contributed by atoms with Crippen molar-refractivity contribution in [1.82, 2.24) is 15.6 Å². The molecule has 2 N–H and O–H groups in total. The van der Waals surface area contributed by atoms with Gasteiger partial charge in [-0.25, -0.2) is 10.2 Å². The van der Waals surface area contributed by atoms with Crippen LogP contribution in [0.2, 0.25) is 0 Å². The number of hydrogen-bond donors (Lipinski definition) is 2. The van der Waals surface area contributed by atoms with Crippen LogP contribution >= 0.6 is 0 Å². The van der Waals surface area contributed by atoms with E-state index in [1.165, 1.54) is 19.6 Å². The number of aromatic nitrogens is 2. The Labute approximate surface area is 142 Å². The topological polar surface area (TPSA) is 110 Å². The maximum atomic E-state index is 12.0. The van der Waals surface area contributed by atoms with Gasteiger partial charge in [0.15, 0.2) is 11.5 Å². The standard InChI is InChI=1S/C17H14N4O4/c1-24-17(23)12-6-4-11(5-7-12)10-18-21-16(22)14-9-13(19-20-14)15-3-2-8-25-15/h2-10H,1H3,(H,19,20)(H,21,22)/b18-10-. The molecule has 0 aliphatic rings. The van der Waals surface area contributed by atoms with Gasteiger partial charge < -0.3 is 9.15 Å². The first kappa shape index (κ1) is 16.2. The number of methoxy groups -OCH3 is 1. The van der Waals surface area contributed by atoms with Gasteiger partial charge in [0, 0.05) is 6.07 Å². The summed E-state index contributed by atoms with van der Waals surface area (Å²) in [6.07, 6.45) is 2.99. The Hall–Kier alpha value is -3.68. The number of rotatable bonds is 5. The van der Waals surface area contributed by atoms with Gasteiger partial charge >= 0.3 is 5.97 Å².